The Kier molecular flexibility index (Phi) is 4.29. The normalized spacial score (nSPS) is 10.6. The number of hydrogen-bond donors (Lipinski definition) is 2. The van der Waals surface area contributed by atoms with Gasteiger partial charge in [-0.25, -0.2) is 0 Å². The second-order valence-electron chi connectivity index (χ2n) is 4.42. The van der Waals surface area contributed by atoms with Crippen molar-refractivity contribution in [1.82, 2.24) is 9.78 Å². The molecule has 2 aromatic rings. The van der Waals surface area contributed by atoms with Gasteiger partial charge in [0.05, 0.1) is 22.0 Å². The van der Waals surface area contributed by atoms with Gasteiger partial charge in [0.1, 0.15) is 18.2 Å². The molecule has 0 aliphatic rings. The highest BCUT2D eigenvalue weighted by atomic mass is 35.5. The van der Waals surface area contributed by atoms with Crippen molar-refractivity contribution < 1.29 is 4.74 Å². The molecular weight excluding hydrogens is 276 g/mol. The van der Waals surface area contributed by atoms with Crippen LogP contribution in [0.2, 0.25) is 5.02 Å². The molecule has 0 aliphatic carbocycles. The van der Waals surface area contributed by atoms with Crippen molar-refractivity contribution in [1.29, 1.82) is 5.41 Å². The quantitative estimate of drug-likeness (QED) is 0.656. The molecular formula is C14H17ClN4O. The molecule has 3 N–H and O–H groups in total. The van der Waals surface area contributed by atoms with Crippen molar-refractivity contribution in [2.75, 3.05) is 0 Å². The van der Waals surface area contributed by atoms with E-state index in [9.17, 15) is 0 Å². The van der Waals surface area contributed by atoms with E-state index in [2.05, 4.69) is 12.0 Å². The maximum Gasteiger partial charge on any atom is 0.132 e. The molecule has 106 valence electrons. The first-order valence-electron chi connectivity index (χ1n) is 6.30. The smallest absolute Gasteiger partial charge is 0.132 e. The molecule has 20 heavy (non-hydrogen) atoms. The van der Waals surface area contributed by atoms with Gasteiger partial charge in [-0.1, -0.05) is 24.6 Å². The van der Waals surface area contributed by atoms with E-state index in [0.29, 0.717) is 22.9 Å². The average Bonchev–Trinajstić information content (AvgIpc) is 2.76. The third kappa shape index (κ3) is 2.93. The summed E-state index contributed by atoms with van der Waals surface area (Å²) >= 11 is 6.05. The number of halogens is 1. The minimum absolute atomic E-state index is 0.107. The molecule has 0 spiro atoms. The lowest BCUT2D eigenvalue weighted by Crippen LogP contribution is -2.14. The lowest BCUT2D eigenvalue weighted by atomic mass is 10.2. The largest absolute Gasteiger partial charge is 0.486 e. The van der Waals surface area contributed by atoms with Crippen LogP contribution in [0.5, 0.6) is 5.75 Å². The minimum atomic E-state index is -0.107. The Bertz CT molecular complexity index is 636. The van der Waals surface area contributed by atoms with Gasteiger partial charge in [-0.3, -0.25) is 10.1 Å². The maximum atomic E-state index is 7.57. The summed E-state index contributed by atoms with van der Waals surface area (Å²) in [5.74, 6) is 0.397. The van der Waals surface area contributed by atoms with Crippen LogP contribution in [-0.2, 0) is 20.1 Å². The van der Waals surface area contributed by atoms with Crippen LogP contribution in [0, 0.1) is 5.41 Å². The molecule has 1 heterocycles. The van der Waals surface area contributed by atoms with E-state index in [1.165, 1.54) is 0 Å². The van der Waals surface area contributed by atoms with E-state index in [-0.39, 0.29) is 5.84 Å². The Hall–Kier alpha value is -2.01. The van der Waals surface area contributed by atoms with E-state index in [1.807, 2.05) is 13.1 Å². The van der Waals surface area contributed by atoms with Crippen LogP contribution in [-0.4, -0.2) is 15.6 Å². The van der Waals surface area contributed by atoms with Crippen molar-refractivity contribution >= 4 is 17.4 Å². The van der Waals surface area contributed by atoms with Gasteiger partial charge in [-0.15, -0.1) is 0 Å². The molecule has 5 nitrogen and oxygen atoms in total. The fraction of sp³-hybridized carbons (Fsp3) is 0.286. The number of aryl methyl sites for hydroxylation is 2. The number of amidine groups is 1. The topological polar surface area (TPSA) is 76.9 Å². The third-order valence-corrected chi connectivity index (χ3v) is 3.32. The van der Waals surface area contributed by atoms with Gasteiger partial charge in [0, 0.05) is 7.05 Å². The molecule has 0 bridgehead atoms. The van der Waals surface area contributed by atoms with E-state index in [1.54, 1.807) is 22.9 Å². The number of nitrogen functional groups attached to an aromatic ring is 1. The predicted molar refractivity (Wildman–Crippen MR) is 79.4 cm³/mol. The summed E-state index contributed by atoms with van der Waals surface area (Å²) in [4.78, 5) is 0. The second-order valence-corrected chi connectivity index (χ2v) is 4.83. The van der Waals surface area contributed by atoms with Gasteiger partial charge in [0.15, 0.2) is 0 Å². The van der Waals surface area contributed by atoms with E-state index < -0.39 is 0 Å². The van der Waals surface area contributed by atoms with Gasteiger partial charge in [0.25, 0.3) is 0 Å². The Balaban J connectivity index is 2.20. The van der Waals surface area contributed by atoms with Crippen molar-refractivity contribution in [3.8, 4) is 5.75 Å². The Morgan fingerprint density at radius 3 is 2.85 bits per heavy atom. The molecule has 0 saturated heterocycles. The van der Waals surface area contributed by atoms with Gasteiger partial charge >= 0.3 is 0 Å². The summed E-state index contributed by atoms with van der Waals surface area (Å²) in [6.07, 6.45) is 0.879. The first-order chi connectivity index (χ1) is 9.52. The van der Waals surface area contributed by atoms with Crippen LogP contribution in [0.4, 0.5) is 0 Å². The first kappa shape index (κ1) is 14.4. The molecule has 0 aliphatic heterocycles. The van der Waals surface area contributed by atoms with Crippen molar-refractivity contribution in [3.63, 3.8) is 0 Å². The summed E-state index contributed by atoms with van der Waals surface area (Å²) < 4.78 is 7.53. The van der Waals surface area contributed by atoms with E-state index in [4.69, 9.17) is 27.5 Å². The molecule has 2 rings (SSSR count). The molecule has 1 aromatic heterocycles. The van der Waals surface area contributed by atoms with Crippen LogP contribution >= 0.6 is 11.6 Å². The average molecular weight is 293 g/mol. The summed E-state index contributed by atoms with van der Waals surface area (Å²) in [6.45, 7) is 2.40. The molecule has 0 amide bonds. The molecule has 0 radical (unpaired) electrons. The van der Waals surface area contributed by atoms with Gasteiger partial charge in [-0.2, -0.15) is 5.10 Å². The van der Waals surface area contributed by atoms with Crippen molar-refractivity contribution in [2.24, 2.45) is 12.8 Å². The zero-order chi connectivity index (χ0) is 14.7. The fourth-order valence-electron chi connectivity index (χ4n) is 1.92. The van der Waals surface area contributed by atoms with Crippen LogP contribution in [0.15, 0.2) is 24.3 Å². The zero-order valence-corrected chi connectivity index (χ0v) is 12.2. The number of aromatic nitrogens is 2. The standard InChI is InChI=1S/C14H17ClN4O/c1-3-9-7-10(19(2)18-9)8-20-12-6-4-5-11(15)13(12)14(16)17/h4-7H,3,8H2,1-2H3,(H3,16,17). The monoisotopic (exact) mass is 292 g/mol. The Labute approximate surface area is 122 Å². The summed E-state index contributed by atoms with van der Waals surface area (Å²) in [5, 5.41) is 12.3. The van der Waals surface area contributed by atoms with Crippen LogP contribution in [0.3, 0.4) is 0 Å². The lowest BCUT2D eigenvalue weighted by molar-refractivity contribution is 0.294. The number of nitrogens with zero attached hydrogens (tertiary/aromatic N) is 2. The SMILES string of the molecule is CCc1cc(COc2cccc(Cl)c2C(=N)N)n(C)n1. The van der Waals surface area contributed by atoms with Crippen LogP contribution in [0.25, 0.3) is 0 Å². The van der Waals surface area contributed by atoms with Crippen molar-refractivity contribution in [2.45, 2.75) is 20.0 Å². The summed E-state index contributed by atoms with van der Waals surface area (Å²) in [5.41, 5.74) is 7.94. The predicted octanol–water partition coefficient (Wildman–Crippen LogP) is 2.50. The summed E-state index contributed by atoms with van der Waals surface area (Å²) in [6, 6.07) is 7.20. The fourth-order valence-corrected chi connectivity index (χ4v) is 2.18. The Morgan fingerprint density at radius 2 is 2.25 bits per heavy atom. The van der Waals surface area contributed by atoms with E-state index >= 15 is 0 Å². The summed E-state index contributed by atoms with van der Waals surface area (Å²) in [7, 11) is 1.88. The Morgan fingerprint density at radius 1 is 1.50 bits per heavy atom. The highest BCUT2D eigenvalue weighted by Crippen LogP contribution is 2.26. The number of benzene rings is 1. The number of nitrogens with one attached hydrogen (secondary N) is 1. The highest BCUT2D eigenvalue weighted by molar-refractivity contribution is 6.34. The first-order valence-corrected chi connectivity index (χ1v) is 6.68. The lowest BCUT2D eigenvalue weighted by Gasteiger charge is -2.11. The van der Waals surface area contributed by atoms with Gasteiger partial charge in [0.2, 0.25) is 0 Å². The van der Waals surface area contributed by atoms with Gasteiger partial charge < -0.3 is 10.5 Å². The molecule has 0 saturated carbocycles. The second kappa shape index (κ2) is 5.96. The molecule has 1 aromatic carbocycles. The van der Waals surface area contributed by atoms with E-state index in [0.717, 1.165) is 17.8 Å². The number of rotatable bonds is 5. The van der Waals surface area contributed by atoms with Crippen molar-refractivity contribution in [3.05, 3.63) is 46.2 Å². The van der Waals surface area contributed by atoms with Gasteiger partial charge in [-0.05, 0) is 24.6 Å². The molecule has 6 heteroatoms. The highest BCUT2D eigenvalue weighted by Gasteiger charge is 2.12. The number of nitrogens with two attached hydrogens (primary N) is 1. The minimum Gasteiger partial charge on any atom is -0.486 e. The maximum absolute atomic E-state index is 7.57. The molecule has 0 fully saturated rings. The molecule has 0 unspecified atom stereocenters. The molecule has 0 atom stereocenters. The third-order valence-electron chi connectivity index (χ3n) is 3.01. The van der Waals surface area contributed by atoms with Crippen LogP contribution < -0.4 is 10.5 Å². The number of hydrogen-bond acceptors (Lipinski definition) is 3. The van der Waals surface area contributed by atoms with Crippen LogP contribution in [0.1, 0.15) is 23.9 Å². The zero-order valence-electron chi connectivity index (χ0n) is 11.5. The number of ether oxygens (including phenoxy) is 1.